The lowest BCUT2D eigenvalue weighted by atomic mass is 10.1. The molecule has 176 valence electrons. The Morgan fingerprint density at radius 3 is 1.34 bits per heavy atom. The maximum Gasteiger partial charge on any atom is 0.490 e. The lowest BCUT2D eigenvalue weighted by Gasteiger charge is -2.14. The number of rotatable bonds is 11. The van der Waals surface area contributed by atoms with Gasteiger partial charge in [-0.25, -0.2) is 9.59 Å². The first-order valence-electron chi connectivity index (χ1n) is 9.18. The molecule has 0 atom stereocenters. The van der Waals surface area contributed by atoms with Gasteiger partial charge in [-0.3, -0.25) is 0 Å². The number of carboxylic acid groups (broad SMARTS) is 2. The summed E-state index contributed by atoms with van der Waals surface area (Å²) in [5.41, 5.74) is 5.49. The molecular weight excluding hydrogens is 410 g/mol. The van der Waals surface area contributed by atoms with Crippen LogP contribution in [-0.2, 0) is 9.59 Å². The second-order valence-electron chi connectivity index (χ2n) is 6.17. The monoisotopic (exact) mass is 442 g/mol. The van der Waals surface area contributed by atoms with Crippen LogP contribution in [0.3, 0.4) is 0 Å². The highest BCUT2D eigenvalue weighted by Crippen LogP contribution is 2.13. The molecule has 0 aromatic heterocycles. The molecule has 4 N–H and O–H groups in total. The minimum atomic E-state index is -5.08. The van der Waals surface area contributed by atoms with E-state index in [2.05, 4.69) is 18.9 Å². The summed E-state index contributed by atoms with van der Waals surface area (Å²) < 4.78 is 63.5. The molecule has 0 unspecified atom stereocenters. The van der Waals surface area contributed by atoms with Crippen molar-refractivity contribution in [2.75, 3.05) is 26.7 Å². The number of likely N-dealkylation sites (N-methyl/N-ethyl adjacent to an activating group) is 1. The van der Waals surface area contributed by atoms with E-state index in [0.717, 1.165) is 13.1 Å². The van der Waals surface area contributed by atoms with Crippen LogP contribution in [0, 0.1) is 0 Å². The van der Waals surface area contributed by atoms with Crippen LogP contribution < -0.4 is 5.73 Å². The molecule has 6 nitrogen and oxygen atoms in total. The van der Waals surface area contributed by atoms with E-state index in [1.165, 1.54) is 57.9 Å². The van der Waals surface area contributed by atoms with Gasteiger partial charge < -0.3 is 20.8 Å². The van der Waals surface area contributed by atoms with Gasteiger partial charge in [0, 0.05) is 13.1 Å². The molecule has 0 aliphatic carbocycles. The van der Waals surface area contributed by atoms with E-state index < -0.39 is 24.3 Å². The summed E-state index contributed by atoms with van der Waals surface area (Å²) in [4.78, 5) is 20.1. The first-order valence-corrected chi connectivity index (χ1v) is 9.18. The third kappa shape index (κ3) is 28.7. The average molecular weight is 442 g/mol. The molecule has 0 aromatic rings. The summed E-state index contributed by atoms with van der Waals surface area (Å²) in [6, 6.07) is 0. The van der Waals surface area contributed by atoms with Crippen molar-refractivity contribution in [2.24, 2.45) is 5.73 Å². The van der Waals surface area contributed by atoms with Crippen LogP contribution in [0.4, 0.5) is 26.3 Å². The number of hydrogen-bond donors (Lipinski definition) is 3. The zero-order valence-electron chi connectivity index (χ0n) is 16.8. The Labute approximate surface area is 167 Å². The maximum absolute atomic E-state index is 10.6. The van der Waals surface area contributed by atoms with Crippen molar-refractivity contribution >= 4 is 11.9 Å². The zero-order chi connectivity index (χ0) is 23.5. The van der Waals surface area contributed by atoms with E-state index in [1.807, 2.05) is 0 Å². The third-order valence-electron chi connectivity index (χ3n) is 3.39. The number of carboxylic acids is 2. The van der Waals surface area contributed by atoms with E-state index in [0.29, 0.717) is 0 Å². The number of aliphatic carboxylic acids is 2. The molecule has 0 aromatic carbocycles. The van der Waals surface area contributed by atoms with Gasteiger partial charge in [-0.15, -0.1) is 0 Å². The highest BCUT2D eigenvalue weighted by molar-refractivity contribution is 5.73. The number of carbonyl (C=O) groups is 2. The topological polar surface area (TPSA) is 104 Å². The van der Waals surface area contributed by atoms with Gasteiger partial charge in [-0.2, -0.15) is 26.3 Å². The third-order valence-corrected chi connectivity index (χ3v) is 3.39. The Kier molecular flexibility index (Phi) is 20.5. The lowest BCUT2D eigenvalue weighted by molar-refractivity contribution is -0.193. The van der Waals surface area contributed by atoms with Gasteiger partial charge in [-0.1, -0.05) is 51.9 Å². The molecule has 29 heavy (non-hydrogen) atoms. The molecule has 0 saturated heterocycles. The number of nitrogens with zero attached hydrogens (tertiary/aromatic N) is 1. The van der Waals surface area contributed by atoms with Crippen LogP contribution in [0.5, 0.6) is 0 Å². The van der Waals surface area contributed by atoms with Crippen LogP contribution in [0.2, 0.25) is 0 Å². The second kappa shape index (κ2) is 18.5. The summed E-state index contributed by atoms with van der Waals surface area (Å²) in [6.07, 6.45) is 1.05. The van der Waals surface area contributed by atoms with Gasteiger partial charge in [0.25, 0.3) is 0 Å². The SMILES string of the molecule is CCCCCCCCCCN(C)CCN.O=C(O)C(F)(F)F.O=C(O)C(F)(F)F. The summed E-state index contributed by atoms with van der Waals surface area (Å²) in [5, 5.41) is 14.2. The quantitative estimate of drug-likeness (QED) is 0.326. The van der Waals surface area contributed by atoms with Crippen LogP contribution in [-0.4, -0.2) is 66.1 Å². The highest BCUT2D eigenvalue weighted by atomic mass is 19.4. The molecule has 0 saturated carbocycles. The van der Waals surface area contributed by atoms with Crippen molar-refractivity contribution in [3.8, 4) is 0 Å². The molecule has 12 heteroatoms. The van der Waals surface area contributed by atoms with E-state index in [-0.39, 0.29) is 0 Å². The smallest absolute Gasteiger partial charge is 0.475 e. The minimum Gasteiger partial charge on any atom is -0.475 e. The summed E-state index contributed by atoms with van der Waals surface area (Å²) in [7, 11) is 2.16. The number of alkyl halides is 6. The first kappa shape index (κ1) is 32.1. The average Bonchev–Trinajstić information content (AvgIpc) is 2.57. The predicted octanol–water partition coefficient (Wildman–Crippen LogP) is 4.28. The Hall–Kier alpha value is -1.56. The van der Waals surface area contributed by atoms with Gasteiger partial charge in [0.2, 0.25) is 0 Å². The van der Waals surface area contributed by atoms with Crippen LogP contribution in [0.25, 0.3) is 0 Å². The van der Waals surface area contributed by atoms with E-state index >= 15 is 0 Å². The fourth-order valence-corrected chi connectivity index (χ4v) is 1.85. The van der Waals surface area contributed by atoms with Crippen LogP contribution in [0.15, 0.2) is 0 Å². The fraction of sp³-hybridized carbons (Fsp3) is 0.882. The Balaban J connectivity index is -0.000000402. The molecule has 0 rings (SSSR count). The fourth-order valence-electron chi connectivity index (χ4n) is 1.85. The molecular formula is C17H32F6N2O4. The van der Waals surface area contributed by atoms with E-state index in [4.69, 9.17) is 25.5 Å². The van der Waals surface area contributed by atoms with Crippen molar-refractivity contribution < 1.29 is 46.1 Å². The number of unbranched alkanes of at least 4 members (excludes halogenated alkanes) is 7. The molecule has 0 aliphatic rings. The Morgan fingerprint density at radius 1 is 0.759 bits per heavy atom. The molecule has 0 radical (unpaired) electrons. The standard InChI is InChI=1S/C13H30N2.2C2HF3O2/c1-3-4-5-6-7-8-9-10-12-15(2)13-11-14;2*3-2(4,5)1(6)7/h3-14H2,1-2H3;2*(H,6,7). The van der Waals surface area contributed by atoms with Crippen LogP contribution >= 0.6 is 0 Å². The highest BCUT2D eigenvalue weighted by Gasteiger charge is 2.38. The van der Waals surface area contributed by atoms with Gasteiger partial charge in [0.05, 0.1) is 0 Å². The number of hydrogen-bond acceptors (Lipinski definition) is 4. The number of halogens is 6. The normalized spacial score (nSPS) is 11.2. The summed E-state index contributed by atoms with van der Waals surface area (Å²) in [5.74, 6) is -5.51. The van der Waals surface area contributed by atoms with Gasteiger partial charge in [0.15, 0.2) is 0 Å². The van der Waals surface area contributed by atoms with E-state index in [1.54, 1.807) is 0 Å². The van der Waals surface area contributed by atoms with Gasteiger partial charge in [-0.05, 0) is 20.0 Å². The molecule has 0 heterocycles. The second-order valence-corrected chi connectivity index (χ2v) is 6.17. The maximum atomic E-state index is 10.6. The first-order chi connectivity index (χ1) is 13.2. The van der Waals surface area contributed by atoms with Crippen molar-refractivity contribution in [1.29, 1.82) is 0 Å². The van der Waals surface area contributed by atoms with Crippen molar-refractivity contribution in [1.82, 2.24) is 4.90 Å². The lowest BCUT2D eigenvalue weighted by Crippen LogP contribution is -2.26. The Bertz CT molecular complexity index is 394. The molecule has 0 fully saturated rings. The van der Waals surface area contributed by atoms with Crippen molar-refractivity contribution in [2.45, 2.75) is 70.6 Å². The number of nitrogens with two attached hydrogens (primary N) is 1. The van der Waals surface area contributed by atoms with Gasteiger partial charge >= 0.3 is 24.3 Å². The molecule has 0 amide bonds. The minimum absolute atomic E-state index is 0.785. The van der Waals surface area contributed by atoms with Crippen molar-refractivity contribution in [3.63, 3.8) is 0 Å². The molecule has 0 aliphatic heterocycles. The zero-order valence-corrected chi connectivity index (χ0v) is 16.8. The van der Waals surface area contributed by atoms with Crippen molar-refractivity contribution in [3.05, 3.63) is 0 Å². The van der Waals surface area contributed by atoms with E-state index in [9.17, 15) is 26.3 Å². The van der Waals surface area contributed by atoms with Crippen LogP contribution in [0.1, 0.15) is 58.3 Å². The van der Waals surface area contributed by atoms with Gasteiger partial charge in [0.1, 0.15) is 0 Å². The summed E-state index contributed by atoms with van der Waals surface area (Å²) >= 11 is 0. The molecule has 0 bridgehead atoms. The molecule has 0 spiro atoms. The Morgan fingerprint density at radius 2 is 1.07 bits per heavy atom. The predicted molar refractivity (Wildman–Crippen MR) is 96.5 cm³/mol. The summed E-state index contributed by atoms with van der Waals surface area (Å²) in [6.45, 7) is 5.31. The largest absolute Gasteiger partial charge is 0.490 e.